The van der Waals surface area contributed by atoms with Crippen LogP contribution in [-0.4, -0.2) is 30.9 Å². The molecule has 0 aromatic carbocycles. The number of amides is 2. The Labute approximate surface area is 90.8 Å². The first-order valence-electron chi connectivity index (χ1n) is 5.21. The van der Waals surface area contributed by atoms with Crippen molar-refractivity contribution in [1.29, 1.82) is 0 Å². The maximum absolute atomic E-state index is 11.4. The zero-order valence-corrected chi connectivity index (χ0v) is 9.67. The Kier molecular flexibility index (Phi) is 6.70. The lowest BCUT2D eigenvalue weighted by Gasteiger charge is -2.14. The first kappa shape index (κ1) is 13.9. The summed E-state index contributed by atoms with van der Waals surface area (Å²) in [6, 6.07) is -0.456. The average molecular weight is 215 g/mol. The highest BCUT2D eigenvalue weighted by molar-refractivity contribution is 5.81. The molecule has 0 aliphatic carbocycles. The lowest BCUT2D eigenvalue weighted by Crippen LogP contribution is -2.43. The molecule has 0 fully saturated rings. The largest absolute Gasteiger partial charge is 0.355 e. The van der Waals surface area contributed by atoms with Crippen LogP contribution >= 0.6 is 0 Å². The molecule has 5 nitrogen and oxygen atoms in total. The molecule has 0 aromatic rings. The van der Waals surface area contributed by atoms with Gasteiger partial charge in [0.2, 0.25) is 11.8 Å². The van der Waals surface area contributed by atoms with Gasteiger partial charge in [0.05, 0.1) is 6.04 Å². The quantitative estimate of drug-likeness (QED) is 0.528. The summed E-state index contributed by atoms with van der Waals surface area (Å²) in [5.74, 6) is 0.144. The molecule has 0 rings (SSSR count). The highest BCUT2D eigenvalue weighted by Crippen LogP contribution is 2.01. The summed E-state index contributed by atoms with van der Waals surface area (Å²) in [4.78, 5) is 21.9. The molecule has 0 unspecified atom stereocenters. The summed E-state index contributed by atoms with van der Waals surface area (Å²) in [7, 11) is 0. The molecule has 2 amide bonds. The number of carbonyl (C=O) groups is 2. The van der Waals surface area contributed by atoms with Gasteiger partial charge in [-0.05, 0) is 12.3 Å². The first-order chi connectivity index (χ1) is 6.93. The summed E-state index contributed by atoms with van der Waals surface area (Å²) >= 11 is 0. The Hall–Kier alpha value is -1.10. The second kappa shape index (κ2) is 7.23. The van der Waals surface area contributed by atoms with E-state index < -0.39 is 6.04 Å². The molecule has 5 heteroatoms. The molecule has 0 heterocycles. The van der Waals surface area contributed by atoms with Crippen LogP contribution in [-0.2, 0) is 9.59 Å². The van der Waals surface area contributed by atoms with Gasteiger partial charge in [-0.1, -0.05) is 13.8 Å². The molecule has 0 aliphatic heterocycles. The van der Waals surface area contributed by atoms with Crippen LogP contribution in [0.4, 0.5) is 0 Å². The number of hydrogen-bond acceptors (Lipinski definition) is 3. The van der Waals surface area contributed by atoms with Crippen molar-refractivity contribution >= 4 is 11.8 Å². The molecule has 15 heavy (non-hydrogen) atoms. The molecule has 0 bridgehead atoms. The molecule has 1 atom stereocenters. The van der Waals surface area contributed by atoms with E-state index in [1.807, 2.05) is 13.8 Å². The van der Waals surface area contributed by atoms with Gasteiger partial charge in [0.25, 0.3) is 0 Å². The van der Waals surface area contributed by atoms with Crippen LogP contribution in [0.5, 0.6) is 0 Å². The molecule has 0 aromatic heterocycles. The zero-order valence-electron chi connectivity index (χ0n) is 9.67. The minimum Gasteiger partial charge on any atom is -0.355 e. The number of nitrogens with one attached hydrogen (secondary N) is 2. The second-order valence-corrected chi connectivity index (χ2v) is 4.01. The van der Waals surface area contributed by atoms with Gasteiger partial charge in [-0.2, -0.15) is 0 Å². The summed E-state index contributed by atoms with van der Waals surface area (Å²) in [5, 5.41) is 5.25. The van der Waals surface area contributed by atoms with E-state index in [1.54, 1.807) is 0 Å². The topological polar surface area (TPSA) is 84.2 Å². The minimum atomic E-state index is -0.456. The predicted octanol–water partition coefficient (Wildman–Crippen LogP) is -0.388. The standard InChI is InChI=1S/C10H21N3O2/c1-7(2)6-9(11)10(15)13-5-4-12-8(3)14/h7,9H,4-6,11H2,1-3H3,(H,12,14)(H,13,15)/t9-/m1/s1. The number of nitrogens with two attached hydrogens (primary N) is 1. The lowest BCUT2D eigenvalue weighted by atomic mass is 10.0. The van der Waals surface area contributed by atoms with E-state index in [0.29, 0.717) is 25.4 Å². The fourth-order valence-corrected chi connectivity index (χ4v) is 1.17. The third-order valence-electron chi connectivity index (χ3n) is 1.86. The van der Waals surface area contributed by atoms with E-state index in [-0.39, 0.29) is 11.8 Å². The monoisotopic (exact) mass is 215 g/mol. The van der Waals surface area contributed by atoms with Crippen molar-refractivity contribution in [3.05, 3.63) is 0 Å². The van der Waals surface area contributed by atoms with Gasteiger partial charge in [-0.25, -0.2) is 0 Å². The Bertz CT molecular complexity index is 217. The van der Waals surface area contributed by atoms with Gasteiger partial charge in [0.1, 0.15) is 0 Å². The summed E-state index contributed by atoms with van der Waals surface area (Å²) in [5.41, 5.74) is 5.66. The molecule has 0 spiro atoms. The van der Waals surface area contributed by atoms with Crippen molar-refractivity contribution in [3.63, 3.8) is 0 Å². The fraction of sp³-hybridized carbons (Fsp3) is 0.800. The molecule has 0 saturated heterocycles. The SMILES string of the molecule is CC(=O)NCCNC(=O)[C@H](N)CC(C)C. The maximum Gasteiger partial charge on any atom is 0.236 e. The number of hydrogen-bond donors (Lipinski definition) is 3. The Morgan fingerprint density at radius 2 is 1.73 bits per heavy atom. The van der Waals surface area contributed by atoms with Gasteiger partial charge in [0.15, 0.2) is 0 Å². The van der Waals surface area contributed by atoms with E-state index in [0.717, 1.165) is 0 Å². The highest BCUT2D eigenvalue weighted by atomic mass is 16.2. The van der Waals surface area contributed by atoms with E-state index in [1.165, 1.54) is 6.92 Å². The molecule has 0 aliphatic rings. The van der Waals surface area contributed by atoms with E-state index in [9.17, 15) is 9.59 Å². The minimum absolute atomic E-state index is 0.101. The third-order valence-corrected chi connectivity index (χ3v) is 1.86. The van der Waals surface area contributed by atoms with Crippen LogP contribution in [0, 0.1) is 5.92 Å². The molecule has 0 radical (unpaired) electrons. The average Bonchev–Trinajstić information content (AvgIpc) is 2.10. The Balaban J connectivity index is 3.60. The molecule has 0 saturated carbocycles. The van der Waals surface area contributed by atoms with Crippen molar-refractivity contribution in [2.75, 3.05) is 13.1 Å². The normalized spacial score (nSPS) is 12.3. The Morgan fingerprint density at radius 1 is 1.20 bits per heavy atom. The van der Waals surface area contributed by atoms with Crippen LogP contribution in [0.15, 0.2) is 0 Å². The van der Waals surface area contributed by atoms with Crippen LogP contribution in [0.25, 0.3) is 0 Å². The van der Waals surface area contributed by atoms with Gasteiger partial charge in [-0.15, -0.1) is 0 Å². The zero-order chi connectivity index (χ0) is 11.8. The molecule has 4 N–H and O–H groups in total. The summed E-state index contributed by atoms with van der Waals surface area (Å²) in [6.07, 6.45) is 0.673. The van der Waals surface area contributed by atoms with Crippen molar-refractivity contribution < 1.29 is 9.59 Å². The van der Waals surface area contributed by atoms with Gasteiger partial charge in [0, 0.05) is 20.0 Å². The van der Waals surface area contributed by atoms with Gasteiger partial charge < -0.3 is 16.4 Å². The fourth-order valence-electron chi connectivity index (χ4n) is 1.17. The van der Waals surface area contributed by atoms with E-state index in [2.05, 4.69) is 10.6 Å². The number of carbonyl (C=O) groups excluding carboxylic acids is 2. The van der Waals surface area contributed by atoms with Crippen LogP contribution in [0.2, 0.25) is 0 Å². The summed E-state index contributed by atoms with van der Waals surface area (Å²) in [6.45, 7) is 6.33. The summed E-state index contributed by atoms with van der Waals surface area (Å²) < 4.78 is 0. The third kappa shape index (κ3) is 7.93. The van der Waals surface area contributed by atoms with Crippen molar-refractivity contribution in [2.24, 2.45) is 11.7 Å². The van der Waals surface area contributed by atoms with Crippen molar-refractivity contribution in [3.8, 4) is 0 Å². The van der Waals surface area contributed by atoms with Crippen molar-refractivity contribution in [2.45, 2.75) is 33.2 Å². The molecule has 88 valence electrons. The number of rotatable bonds is 6. The van der Waals surface area contributed by atoms with E-state index in [4.69, 9.17) is 5.73 Å². The van der Waals surface area contributed by atoms with Crippen LogP contribution < -0.4 is 16.4 Å². The predicted molar refractivity (Wildman–Crippen MR) is 59.1 cm³/mol. The van der Waals surface area contributed by atoms with Crippen LogP contribution in [0.1, 0.15) is 27.2 Å². The van der Waals surface area contributed by atoms with Crippen molar-refractivity contribution in [1.82, 2.24) is 10.6 Å². The first-order valence-corrected chi connectivity index (χ1v) is 5.21. The van der Waals surface area contributed by atoms with Gasteiger partial charge >= 0.3 is 0 Å². The highest BCUT2D eigenvalue weighted by Gasteiger charge is 2.13. The second-order valence-electron chi connectivity index (χ2n) is 4.01. The molecular weight excluding hydrogens is 194 g/mol. The Morgan fingerprint density at radius 3 is 2.20 bits per heavy atom. The van der Waals surface area contributed by atoms with Crippen LogP contribution in [0.3, 0.4) is 0 Å². The lowest BCUT2D eigenvalue weighted by molar-refractivity contribution is -0.123. The molecular formula is C10H21N3O2. The van der Waals surface area contributed by atoms with E-state index >= 15 is 0 Å². The maximum atomic E-state index is 11.4. The smallest absolute Gasteiger partial charge is 0.236 e. The van der Waals surface area contributed by atoms with Gasteiger partial charge in [-0.3, -0.25) is 9.59 Å².